The lowest BCUT2D eigenvalue weighted by molar-refractivity contribution is -0.135. The number of rotatable bonds is 4. The molecule has 102 valence electrons. The van der Waals surface area contributed by atoms with Crippen molar-refractivity contribution >= 4 is 23.5 Å². The summed E-state index contributed by atoms with van der Waals surface area (Å²) in [5.74, 6) is -1.50. The maximum Gasteiger partial charge on any atom is 0.322 e. The van der Waals surface area contributed by atoms with Gasteiger partial charge in [0, 0.05) is 16.1 Å². The number of aliphatic carboxylic acids is 1. The molecule has 0 bridgehead atoms. The lowest BCUT2D eigenvalue weighted by atomic mass is 10.0. The van der Waals surface area contributed by atoms with Crippen LogP contribution >= 0.6 is 11.6 Å². The van der Waals surface area contributed by atoms with E-state index in [0.29, 0.717) is 10.6 Å². The minimum absolute atomic E-state index is 0.398. The van der Waals surface area contributed by atoms with Crippen molar-refractivity contribution in [1.82, 2.24) is 5.32 Å². The number of nitrogens with one attached hydrogen (secondary N) is 1. The summed E-state index contributed by atoms with van der Waals surface area (Å²) in [6, 6.07) is 14.2. The molecule has 2 aromatic rings. The Kier molecular flexibility index (Phi) is 4.38. The van der Waals surface area contributed by atoms with Crippen molar-refractivity contribution in [2.45, 2.75) is 0 Å². The van der Waals surface area contributed by atoms with Gasteiger partial charge in [0.25, 0.3) is 5.91 Å². The number of carboxylic acid groups (broad SMARTS) is 1. The quantitative estimate of drug-likeness (QED) is 0.909. The smallest absolute Gasteiger partial charge is 0.322 e. The van der Waals surface area contributed by atoms with E-state index in [2.05, 4.69) is 5.32 Å². The van der Waals surface area contributed by atoms with Crippen LogP contribution in [0.25, 0.3) is 11.1 Å². The van der Waals surface area contributed by atoms with E-state index in [0.717, 1.165) is 11.1 Å². The minimum atomic E-state index is -1.08. The van der Waals surface area contributed by atoms with Crippen molar-refractivity contribution in [3.63, 3.8) is 0 Å². The summed E-state index contributed by atoms with van der Waals surface area (Å²) in [6.07, 6.45) is 0. The van der Waals surface area contributed by atoms with Crippen molar-refractivity contribution in [1.29, 1.82) is 0 Å². The Balaban J connectivity index is 2.16. The third-order valence-electron chi connectivity index (χ3n) is 2.73. The zero-order valence-corrected chi connectivity index (χ0v) is 11.2. The lowest BCUT2D eigenvalue weighted by Crippen LogP contribution is -2.29. The van der Waals surface area contributed by atoms with E-state index in [1.54, 1.807) is 30.3 Å². The fourth-order valence-electron chi connectivity index (χ4n) is 1.75. The summed E-state index contributed by atoms with van der Waals surface area (Å²) in [5, 5.41) is 11.4. The second-order valence-electron chi connectivity index (χ2n) is 4.13. The first-order valence-corrected chi connectivity index (χ1v) is 6.30. The molecule has 2 N–H and O–H groups in total. The number of halogens is 1. The van der Waals surface area contributed by atoms with Crippen LogP contribution in [0.1, 0.15) is 10.4 Å². The third kappa shape index (κ3) is 3.36. The molecule has 0 spiro atoms. The third-order valence-corrected chi connectivity index (χ3v) is 3.06. The summed E-state index contributed by atoms with van der Waals surface area (Å²) < 4.78 is 0. The maximum atomic E-state index is 11.7. The van der Waals surface area contributed by atoms with E-state index >= 15 is 0 Å². The molecule has 0 aromatic heterocycles. The molecule has 4 nitrogen and oxygen atoms in total. The summed E-state index contributed by atoms with van der Waals surface area (Å²) in [5.41, 5.74) is 2.18. The van der Waals surface area contributed by atoms with E-state index in [1.807, 2.05) is 18.2 Å². The predicted octanol–water partition coefficient (Wildman–Crippen LogP) is 2.82. The average Bonchev–Trinajstić information content (AvgIpc) is 2.45. The van der Waals surface area contributed by atoms with Crippen LogP contribution in [0, 0.1) is 0 Å². The van der Waals surface area contributed by atoms with E-state index < -0.39 is 18.4 Å². The first kappa shape index (κ1) is 14.1. The van der Waals surface area contributed by atoms with Gasteiger partial charge in [-0.1, -0.05) is 41.9 Å². The summed E-state index contributed by atoms with van der Waals surface area (Å²) in [6.45, 7) is -0.398. The van der Waals surface area contributed by atoms with Crippen LogP contribution in [-0.2, 0) is 4.79 Å². The van der Waals surface area contributed by atoms with Crippen molar-refractivity contribution in [3.8, 4) is 11.1 Å². The van der Waals surface area contributed by atoms with Gasteiger partial charge in [-0.05, 0) is 23.8 Å². The highest BCUT2D eigenvalue weighted by Crippen LogP contribution is 2.27. The molecule has 0 aliphatic carbocycles. The molecule has 0 atom stereocenters. The molecule has 20 heavy (non-hydrogen) atoms. The van der Waals surface area contributed by atoms with Gasteiger partial charge in [-0.2, -0.15) is 0 Å². The second-order valence-corrected chi connectivity index (χ2v) is 4.54. The Morgan fingerprint density at radius 3 is 2.30 bits per heavy atom. The zero-order chi connectivity index (χ0) is 14.5. The zero-order valence-electron chi connectivity index (χ0n) is 10.5. The number of carbonyl (C=O) groups is 2. The van der Waals surface area contributed by atoms with Crippen LogP contribution < -0.4 is 5.32 Å². The summed E-state index contributed by atoms with van der Waals surface area (Å²) in [4.78, 5) is 22.0. The molecule has 2 rings (SSSR count). The fourth-order valence-corrected chi connectivity index (χ4v) is 2.00. The standard InChI is InChI=1S/C15H12ClNO3/c16-13-4-2-1-3-12(13)10-5-7-11(8-6-10)15(20)17-9-14(18)19/h1-8H,9H2,(H,17,20)(H,18,19). The van der Waals surface area contributed by atoms with Crippen molar-refractivity contribution in [2.75, 3.05) is 6.54 Å². The van der Waals surface area contributed by atoms with Gasteiger partial charge in [0.15, 0.2) is 0 Å². The first-order valence-electron chi connectivity index (χ1n) is 5.93. The highest BCUT2D eigenvalue weighted by molar-refractivity contribution is 6.33. The van der Waals surface area contributed by atoms with Crippen LogP contribution in [0.2, 0.25) is 5.02 Å². The monoisotopic (exact) mass is 289 g/mol. The number of carboxylic acids is 1. The number of benzene rings is 2. The fraction of sp³-hybridized carbons (Fsp3) is 0.0667. The van der Waals surface area contributed by atoms with Gasteiger partial charge in [-0.15, -0.1) is 0 Å². The molecule has 1 amide bonds. The molecular formula is C15H12ClNO3. The largest absolute Gasteiger partial charge is 0.480 e. The van der Waals surface area contributed by atoms with Crippen LogP contribution in [0.3, 0.4) is 0 Å². The first-order chi connectivity index (χ1) is 9.58. The highest BCUT2D eigenvalue weighted by atomic mass is 35.5. The molecule has 0 heterocycles. The average molecular weight is 290 g/mol. The SMILES string of the molecule is O=C(O)CNC(=O)c1ccc(-c2ccccc2Cl)cc1. The molecule has 0 unspecified atom stereocenters. The van der Waals surface area contributed by atoms with Crippen LogP contribution in [-0.4, -0.2) is 23.5 Å². The van der Waals surface area contributed by atoms with Gasteiger partial charge in [-0.3, -0.25) is 9.59 Å². The molecule has 0 radical (unpaired) electrons. The van der Waals surface area contributed by atoms with Gasteiger partial charge in [0.05, 0.1) is 0 Å². The topological polar surface area (TPSA) is 66.4 Å². The Morgan fingerprint density at radius 1 is 1.05 bits per heavy atom. The van der Waals surface area contributed by atoms with Gasteiger partial charge in [0.2, 0.25) is 0 Å². The molecule has 0 aliphatic heterocycles. The molecule has 5 heteroatoms. The molecule has 0 saturated carbocycles. The van der Waals surface area contributed by atoms with Gasteiger partial charge >= 0.3 is 5.97 Å². The van der Waals surface area contributed by atoms with Crippen molar-refractivity contribution < 1.29 is 14.7 Å². The van der Waals surface area contributed by atoms with Gasteiger partial charge < -0.3 is 10.4 Å². The molecule has 0 aliphatic rings. The number of hydrogen-bond donors (Lipinski definition) is 2. The Bertz CT molecular complexity index is 638. The number of hydrogen-bond acceptors (Lipinski definition) is 2. The Hall–Kier alpha value is -2.33. The van der Waals surface area contributed by atoms with E-state index in [1.165, 1.54) is 0 Å². The van der Waals surface area contributed by atoms with E-state index in [-0.39, 0.29) is 0 Å². The van der Waals surface area contributed by atoms with Gasteiger partial charge in [-0.25, -0.2) is 0 Å². The Labute approximate surface area is 121 Å². The molecular weight excluding hydrogens is 278 g/mol. The summed E-state index contributed by atoms with van der Waals surface area (Å²) >= 11 is 6.10. The summed E-state index contributed by atoms with van der Waals surface area (Å²) in [7, 11) is 0. The van der Waals surface area contributed by atoms with Crippen LogP contribution in [0.4, 0.5) is 0 Å². The molecule has 2 aromatic carbocycles. The van der Waals surface area contributed by atoms with Crippen LogP contribution in [0.5, 0.6) is 0 Å². The predicted molar refractivity (Wildman–Crippen MR) is 76.9 cm³/mol. The molecule has 0 saturated heterocycles. The Morgan fingerprint density at radius 2 is 1.70 bits per heavy atom. The van der Waals surface area contributed by atoms with Crippen molar-refractivity contribution in [3.05, 3.63) is 59.1 Å². The second kappa shape index (κ2) is 6.21. The lowest BCUT2D eigenvalue weighted by Gasteiger charge is -2.06. The normalized spacial score (nSPS) is 10.1. The van der Waals surface area contributed by atoms with Crippen molar-refractivity contribution in [2.24, 2.45) is 0 Å². The minimum Gasteiger partial charge on any atom is -0.480 e. The van der Waals surface area contributed by atoms with E-state index in [9.17, 15) is 9.59 Å². The van der Waals surface area contributed by atoms with Crippen LogP contribution in [0.15, 0.2) is 48.5 Å². The van der Waals surface area contributed by atoms with Gasteiger partial charge in [0.1, 0.15) is 6.54 Å². The highest BCUT2D eigenvalue weighted by Gasteiger charge is 2.08. The number of amides is 1. The molecule has 0 fully saturated rings. The number of carbonyl (C=O) groups excluding carboxylic acids is 1. The van der Waals surface area contributed by atoms with E-state index in [4.69, 9.17) is 16.7 Å². The maximum absolute atomic E-state index is 11.7.